The van der Waals surface area contributed by atoms with E-state index in [4.69, 9.17) is 0 Å². The van der Waals surface area contributed by atoms with Gasteiger partial charge in [0.05, 0.1) is 6.04 Å². The molecular weight excluding hydrogens is 266 g/mol. The smallest absolute Gasteiger partial charge is 0.315 e. The second-order valence-corrected chi connectivity index (χ2v) is 6.55. The third-order valence-corrected chi connectivity index (χ3v) is 4.56. The summed E-state index contributed by atoms with van der Waals surface area (Å²) in [5, 5.41) is 14.8. The topological polar surface area (TPSA) is 71.8 Å². The van der Waals surface area contributed by atoms with Crippen LogP contribution in [0.4, 0.5) is 4.79 Å². The number of amides is 2. The van der Waals surface area contributed by atoms with E-state index >= 15 is 0 Å². The summed E-state index contributed by atoms with van der Waals surface area (Å²) >= 11 is 0. The van der Waals surface area contributed by atoms with Crippen LogP contribution in [0.25, 0.3) is 0 Å². The molecule has 2 aliphatic rings. The molecule has 1 aromatic heterocycles. The van der Waals surface area contributed by atoms with Crippen LogP contribution < -0.4 is 10.6 Å². The first kappa shape index (κ1) is 14.4. The number of carbonyl (C=O) groups excluding carboxylic acids is 1. The van der Waals surface area contributed by atoms with E-state index in [2.05, 4.69) is 39.2 Å². The Labute approximate surface area is 125 Å². The first-order valence-corrected chi connectivity index (χ1v) is 8.14. The Hall–Kier alpha value is -1.59. The average Bonchev–Trinajstić information content (AvgIpc) is 3.13. The predicted molar refractivity (Wildman–Crippen MR) is 79.8 cm³/mol. The lowest BCUT2D eigenvalue weighted by Gasteiger charge is -2.23. The number of nitrogens with one attached hydrogen (secondary N) is 2. The number of fused-ring (bicyclic) bond motifs is 1. The van der Waals surface area contributed by atoms with E-state index in [9.17, 15) is 4.79 Å². The quantitative estimate of drug-likeness (QED) is 0.893. The van der Waals surface area contributed by atoms with Crippen LogP contribution in [0, 0.1) is 5.92 Å². The van der Waals surface area contributed by atoms with Crippen LogP contribution in [0.1, 0.15) is 63.6 Å². The summed E-state index contributed by atoms with van der Waals surface area (Å²) in [6, 6.07) is 0.184. The number of rotatable bonds is 4. The molecule has 0 aromatic carbocycles. The molecule has 1 aliphatic heterocycles. The van der Waals surface area contributed by atoms with E-state index in [0.29, 0.717) is 6.04 Å². The lowest BCUT2D eigenvalue weighted by atomic mass is 10.0. The number of hydrogen-bond donors (Lipinski definition) is 2. The average molecular weight is 291 g/mol. The second-order valence-electron chi connectivity index (χ2n) is 6.55. The maximum atomic E-state index is 12.2. The van der Waals surface area contributed by atoms with Gasteiger partial charge < -0.3 is 15.2 Å². The van der Waals surface area contributed by atoms with Crippen molar-refractivity contribution >= 4 is 6.03 Å². The van der Waals surface area contributed by atoms with E-state index in [1.165, 1.54) is 12.8 Å². The van der Waals surface area contributed by atoms with E-state index < -0.39 is 0 Å². The summed E-state index contributed by atoms with van der Waals surface area (Å²) in [4.78, 5) is 12.2. The van der Waals surface area contributed by atoms with Gasteiger partial charge in [0, 0.05) is 19.0 Å². The van der Waals surface area contributed by atoms with Gasteiger partial charge in [-0.25, -0.2) is 4.79 Å². The molecule has 1 saturated carbocycles. The lowest BCUT2D eigenvalue weighted by Crippen LogP contribution is -2.44. The molecule has 2 N–H and O–H groups in total. The Morgan fingerprint density at radius 3 is 2.71 bits per heavy atom. The zero-order valence-electron chi connectivity index (χ0n) is 12.9. The molecule has 1 fully saturated rings. The van der Waals surface area contributed by atoms with Crippen molar-refractivity contribution in [1.29, 1.82) is 0 Å². The first-order valence-electron chi connectivity index (χ1n) is 8.14. The molecule has 1 unspecified atom stereocenters. The van der Waals surface area contributed by atoms with Gasteiger partial charge >= 0.3 is 6.03 Å². The number of aromatic nitrogens is 3. The summed E-state index contributed by atoms with van der Waals surface area (Å²) in [5.41, 5.74) is 0. The van der Waals surface area contributed by atoms with Gasteiger partial charge in [0.2, 0.25) is 0 Å². The van der Waals surface area contributed by atoms with Crippen molar-refractivity contribution in [3.63, 3.8) is 0 Å². The number of carbonyl (C=O) groups is 1. The Morgan fingerprint density at radius 1 is 1.24 bits per heavy atom. The summed E-state index contributed by atoms with van der Waals surface area (Å²) in [6.07, 6.45) is 6.75. The first-order chi connectivity index (χ1) is 10.1. The number of nitrogens with zero attached hydrogens (tertiary/aromatic N) is 3. The van der Waals surface area contributed by atoms with Gasteiger partial charge in [-0.3, -0.25) is 0 Å². The molecule has 3 rings (SSSR count). The van der Waals surface area contributed by atoms with Crippen LogP contribution in [-0.2, 0) is 13.0 Å². The minimum absolute atomic E-state index is 0.0732. The Morgan fingerprint density at radius 2 is 2.00 bits per heavy atom. The Balaban J connectivity index is 1.68. The second kappa shape index (κ2) is 6.03. The fraction of sp³-hybridized carbons (Fsp3) is 0.800. The van der Waals surface area contributed by atoms with Gasteiger partial charge in [-0.15, -0.1) is 10.2 Å². The fourth-order valence-electron chi connectivity index (χ4n) is 3.37. The van der Waals surface area contributed by atoms with Gasteiger partial charge in [0.1, 0.15) is 5.82 Å². The van der Waals surface area contributed by atoms with Gasteiger partial charge in [0.15, 0.2) is 5.82 Å². The van der Waals surface area contributed by atoms with Gasteiger partial charge in [-0.2, -0.15) is 0 Å². The molecule has 1 aromatic rings. The van der Waals surface area contributed by atoms with E-state index in [1.54, 1.807) is 0 Å². The van der Waals surface area contributed by atoms with Crippen molar-refractivity contribution in [3.8, 4) is 0 Å². The summed E-state index contributed by atoms with van der Waals surface area (Å²) in [7, 11) is 0. The van der Waals surface area contributed by atoms with Crippen LogP contribution in [0.3, 0.4) is 0 Å². The van der Waals surface area contributed by atoms with Gasteiger partial charge in [0.25, 0.3) is 0 Å². The standard InChI is InChI=1S/C15H25N5O/c1-10(2)13(14-19-18-12-8-5-9-20(12)14)17-15(21)16-11-6-3-4-7-11/h10-11,13H,3-9H2,1-2H3,(H2,16,17,21). The van der Waals surface area contributed by atoms with Crippen molar-refractivity contribution in [1.82, 2.24) is 25.4 Å². The zero-order chi connectivity index (χ0) is 14.8. The fourth-order valence-corrected chi connectivity index (χ4v) is 3.37. The highest BCUT2D eigenvalue weighted by Crippen LogP contribution is 2.24. The van der Waals surface area contributed by atoms with Crippen LogP contribution in [-0.4, -0.2) is 26.8 Å². The van der Waals surface area contributed by atoms with Gasteiger partial charge in [-0.1, -0.05) is 26.7 Å². The van der Waals surface area contributed by atoms with Crippen LogP contribution in [0.5, 0.6) is 0 Å². The minimum Gasteiger partial charge on any atom is -0.335 e. The largest absolute Gasteiger partial charge is 0.335 e. The van der Waals surface area contributed by atoms with Crippen LogP contribution in [0.2, 0.25) is 0 Å². The summed E-state index contributed by atoms with van der Waals surface area (Å²) < 4.78 is 2.17. The van der Waals surface area contributed by atoms with Crippen molar-refractivity contribution in [2.24, 2.45) is 5.92 Å². The number of aryl methyl sites for hydroxylation is 1. The monoisotopic (exact) mass is 291 g/mol. The molecule has 0 spiro atoms. The SMILES string of the molecule is CC(C)C(NC(=O)NC1CCCC1)c1nnc2n1CCC2. The maximum Gasteiger partial charge on any atom is 0.315 e. The molecule has 6 nitrogen and oxygen atoms in total. The van der Waals surface area contributed by atoms with Crippen molar-refractivity contribution in [2.45, 2.75) is 71.0 Å². The van der Waals surface area contributed by atoms with E-state index in [1.807, 2.05) is 0 Å². The molecule has 21 heavy (non-hydrogen) atoms. The van der Waals surface area contributed by atoms with Crippen molar-refractivity contribution < 1.29 is 4.79 Å². The highest BCUT2D eigenvalue weighted by Gasteiger charge is 2.28. The van der Waals surface area contributed by atoms with Gasteiger partial charge in [-0.05, 0) is 25.2 Å². The molecule has 1 aliphatic carbocycles. The molecule has 0 bridgehead atoms. The molecule has 6 heteroatoms. The van der Waals surface area contributed by atoms with Crippen LogP contribution in [0.15, 0.2) is 0 Å². The molecule has 116 valence electrons. The normalized spacial score (nSPS) is 19.8. The Bertz CT molecular complexity index is 504. The van der Waals surface area contributed by atoms with E-state index in [0.717, 1.165) is 43.9 Å². The number of hydrogen-bond acceptors (Lipinski definition) is 3. The highest BCUT2D eigenvalue weighted by molar-refractivity contribution is 5.74. The molecule has 1 atom stereocenters. The predicted octanol–water partition coefficient (Wildman–Crippen LogP) is 2.16. The molecule has 2 amide bonds. The molecular formula is C15H25N5O. The van der Waals surface area contributed by atoms with E-state index in [-0.39, 0.29) is 18.0 Å². The zero-order valence-corrected chi connectivity index (χ0v) is 12.9. The van der Waals surface area contributed by atoms with Crippen LogP contribution >= 0.6 is 0 Å². The molecule has 2 heterocycles. The third kappa shape index (κ3) is 3.04. The van der Waals surface area contributed by atoms with Crippen molar-refractivity contribution in [3.05, 3.63) is 11.6 Å². The summed E-state index contributed by atoms with van der Waals surface area (Å²) in [5.74, 6) is 2.24. The molecule has 0 saturated heterocycles. The minimum atomic E-state index is -0.0780. The maximum absolute atomic E-state index is 12.2. The third-order valence-electron chi connectivity index (χ3n) is 4.56. The lowest BCUT2D eigenvalue weighted by molar-refractivity contribution is 0.227. The summed E-state index contributed by atoms with van der Waals surface area (Å²) in [6.45, 7) is 5.18. The van der Waals surface area contributed by atoms with Crippen molar-refractivity contribution in [2.75, 3.05) is 0 Å². The number of urea groups is 1. The Kier molecular flexibility index (Phi) is 4.12. The highest BCUT2D eigenvalue weighted by atomic mass is 16.2. The molecule has 0 radical (unpaired) electrons.